The van der Waals surface area contributed by atoms with E-state index in [1.807, 2.05) is 6.42 Å². The number of hydrogen-bond acceptors (Lipinski definition) is 2. The predicted octanol–water partition coefficient (Wildman–Crippen LogP) is 0.635. The molecular weight excluding hydrogens is 162 g/mol. The Hall–Kier alpha value is -0.0900. The van der Waals surface area contributed by atoms with Crippen LogP contribution < -0.4 is 0 Å². The topological polar surface area (TPSA) is 37.4 Å². The molecule has 1 aliphatic heterocycles. The summed E-state index contributed by atoms with van der Waals surface area (Å²) < 4.78 is 24.4. The van der Waals surface area contributed by atoms with Crippen molar-refractivity contribution in [1.82, 2.24) is 4.31 Å². The fraction of sp³-hybridized carbons (Fsp3) is 0.857. The van der Waals surface area contributed by atoms with Crippen molar-refractivity contribution >= 4 is 10.0 Å². The van der Waals surface area contributed by atoms with E-state index in [0.29, 0.717) is 13.1 Å². The van der Waals surface area contributed by atoms with Gasteiger partial charge >= 0.3 is 0 Å². The van der Waals surface area contributed by atoms with Crippen molar-refractivity contribution in [2.45, 2.75) is 25.5 Å². The Balaban J connectivity index is 2.72. The van der Waals surface area contributed by atoms with Crippen molar-refractivity contribution in [3.05, 3.63) is 6.42 Å². The van der Waals surface area contributed by atoms with Gasteiger partial charge in [0, 0.05) is 13.1 Å². The van der Waals surface area contributed by atoms with E-state index in [-0.39, 0.29) is 5.25 Å². The molecular formula is C7H14NO2S. The second kappa shape index (κ2) is 3.11. The molecule has 1 fully saturated rings. The minimum atomic E-state index is -2.97. The van der Waals surface area contributed by atoms with Crippen LogP contribution in [0, 0.1) is 6.42 Å². The standard InChI is InChI=1S/C7H14NO2S/c1-7(2)11(9,10)8-5-3-4-6-8/h3,7H,4-6H2,1-2H3. The van der Waals surface area contributed by atoms with Gasteiger partial charge in [-0.2, -0.15) is 0 Å². The van der Waals surface area contributed by atoms with E-state index in [1.54, 1.807) is 13.8 Å². The van der Waals surface area contributed by atoms with Crippen LogP contribution in [0.3, 0.4) is 0 Å². The van der Waals surface area contributed by atoms with Crippen LogP contribution >= 0.6 is 0 Å². The summed E-state index contributed by atoms with van der Waals surface area (Å²) in [5, 5.41) is -0.283. The second-order valence-electron chi connectivity index (χ2n) is 3.03. The van der Waals surface area contributed by atoms with Gasteiger partial charge in [-0.25, -0.2) is 12.7 Å². The number of nitrogens with zero attached hydrogens (tertiary/aromatic N) is 1. The highest BCUT2D eigenvalue weighted by molar-refractivity contribution is 7.89. The number of hydrogen-bond donors (Lipinski definition) is 0. The molecule has 1 saturated heterocycles. The smallest absolute Gasteiger partial charge is 0.212 e. The maximum atomic E-state index is 11.4. The van der Waals surface area contributed by atoms with Gasteiger partial charge in [0.2, 0.25) is 10.0 Å². The molecule has 0 aromatic rings. The van der Waals surface area contributed by atoms with E-state index in [1.165, 1.54) is 4.31 Å². The fourth-order valence-electron chi connectivity index (χ4n) is 1.09. The van der Waals surface area contributed by atoms with Crippen LogP contribution in [-0.2, 0) is 10.0 Å². The third kappa shape index (κ3) is 1.73. The van der Waals surface area contributed by atoms with E-state index in [0.717, 1.165) is 6.42 Å². The minimum absolute atomic E-state index is 0.283. The molecule has 1 rings (SSSR count). The fourth-order valence-corrected chi connectivity index (χ4v) is 2.36. The molecule has 1 radical (unpaired) electrons. The molecule has 0 unspecified atom stereocenters. The summed E-state index contributed by atoms with van der Waals surface area (Å²) in [4.78, 5) is 0. The quantitative estimate of drug-likeness (QED) is 0.619. The molecule has 4 heteroatoms. The first-order valence-corrected chi connectivity index (χ1v) is 5.36. The number of rotatable bonds is 2. The van der Waals surface area contributed by atoms with Gasteiger partial charge in [-0.1, -0.05) is 0 Å². The van der Waals surface area contributed by atoms with Crippen LogP contribution in [-0.4, -0.2) is 31.1 Å². The average Bonchev–Trinajstić information content (AvgIpc) is 2.37. The van der Waals surface area contributed by atoms with Crippen molar-refractivity contribution in [2.75, 3.05) is 13.1 Å². The first-order valence-electron chi connectivity index (χ1n) is 3.86. The Morgan fingerprint density at radius 1 is 1.45 bits per heavy atom. The van der Waals surface area contributed by atoms with E-state index in [2.05, 4.69) is 0 Å². The Morgan fingerprint density at radius 2 is 2.09 bits per heavy atom. The summed E-state index contributed by atoms with van der Waals surface area (Å²) in [6.45, 7) is 4.70. The summed E-state index contributed by atoms with van der Waals surface area (Å²) in [6, 6.07) is 0. The van der Waals surface area contributed by atoms with Gasteiger partial charge in [0.1, 0.15) is 0 Å². The lowest BCUT2D eigenvalue weighted by Crippen LogP contribution is -2.33. The van der Waals surface area contributed by atoms with E-state index in [4.69, 9.17) is 0 Å². The SMILES string of the molecule is CC(C)S(=O)(=O)N1C[CH]CC1. The first kappa shape index (κ1) is 9.00. The molecule has 1 heterocycles. The van der Waals surface area contributed by atoms with Gasteiger partial charge in [0.05, 0.1) is 5.25 Å². The van der Waals surface area contributed by atoms with Gasteiger partial charge in [-0.3, -0.25) is 0 Å². The minimum Gasteiger partial charge on any atom is -0.212 e. The molecule has 11 heavy (non-hydrogen) atoms. The van der Waals surface area contributed by atoms with Crippen LogP contribution in [0.25, 0.3) is 0 Å². The molecule has 0 spiro atoms. The highest BCUT2D eigenvalue weighted by Crippen LogP contribution is 2.15. The Morgan fingerprint density at radius 3 is 2.45 bits per heavy atom. The zero-order valence-corrected chi connectivity index (χ0v) is 7.76. The average molecular weight is 176 g/mol. The van der Waals surface area contributed by atoms with Gasteiger partial charge in [-0.15, -0.1) is 0 Å². The third-order valence-corrected chi connectivity index (χ3v) is 4.11. The van der Waals surface area contributed by atoms with Gasteiger partial charge < -0.3 is 0 Å². The largest absolute Gasteiger partial charge is 0.216 e. The molecule has 65 valence electrons. The summed E-state index contributed by atoms with van der Waals surface area (Å²) in [5.74, 6) is 0. The van der Waals surface area contributed by atoms with E-state index < -0.39 is 10.0 Å². The second-order valence-corrected chi connectivity index (χ2v) is 5.52. The normalized spacial score (nSPS) is 21.4. The lowest BCUT2D eigenvalue weighted by molar-refractivity contribution is 0.474. The zero-order valence-electron chi connectivity index (χ0n) is 6.95. The van der Waals surface area contributed by atoms with Gasteiger partial charge in [0.15, 0.2) is 0 Å². The Bertz CT molecular complexity index is 215. The summed E-state index contributed by atoms with van der Waals surface area (Å²) >= 11 is 0. The van der Waals surface area contributed by atoms with Crippen LogP contribution in [0.5, 0.6) is 0 Å². The molecule has 0 atom stereocenters. The monoisotopic (exact) mass is 176 g/mol. The lowest BCUT2D eigenvalue weighted by atomic mass is 10.4. The molecule has 0 N–H and O–H groups in total. The predicted molar refractivity (Wildman–Crippen MR) is 44.5 cm³/mol. The third-order valence-electron chi connectivity index (χ3n) is 1.87. The summed E-state index contributed by atoms with van der Waals surface area (Å²) in [6.07, 6.45) is 2.89. The molecule has 0 aliphatic carbocycles. The van der Waals surface area contributed by atoms with Crippen LogP contribution in [0.15, 0.2) is 0 Å². The summed E-state index contributed by atoms with van der Waals surface area (Å²) in [7, 11) is -2.97. The van der Waals surface area contributed by atoms with Crippen molar-refractivity contribution < 1.29 is 8.42 Å². The summed E-state index contributed by atoms with van der Waals surface area (Å²) in [5.41, 5.74) is 0. The molecule has 0 amide bonds. The van der Waals surface area contributed by atoms with Crippen LogP contribution in [0.4, 0.5) is 0 Å². The maximum Gasteiger partial charge on any atom is 0.216 e. The molecule has 0 aromatic carbocycles. The van der Waals surface area contributed by atoms with E-state index in [9.17, 15) is 8.42 Å². The van der Waals surface area contributed by atoms with Gasteiger partial charge in [-0.05, 0) is 26.7 Å². The molecule has 0 saturated carbocycles. The molecule has 3 nitrogen and oxygen atoms in total. The molecule has 0 bridgehead atoms. The Kier molecular flexibility index (Phi) is 2.54. The van der Waals surface area contributed by atoms with Crippen molar-refractivity contribution in [1.29, 1.82) is 0 Å². The zero-order chi connectivity index (χ0) is 8.48. The highest BCUT2D eigenvalue weighted by atomic mass is 32.2. The van der Waals surface area contributed by atoms with Crippen LogP contribution in [0.1, 0.15) is 20.3 Å². The van der Waals surface area contributed by atoms with Crippen molar-refractivity contribution in [3.63, 3.8) is 0 Å². The Labute approximate surface area is 68.4 Å². The van der Waals surface area contributed by atoms with E-state index >= 15 is 0 Å². The van der Waals surface area contributed by atoms with Crippen molar-refractivity contribution in [2.24, 2.45) is 0 Å². The number of sulfonamides is 1. The van der Waals surface area contributed by atoms with Gasteiger partial charge in [0.25, 0.3) is 0 Å². The lowest BCUT2D eigenvalue weighted by Gasteiger charge is -2.17. The van der Waals surface area contributed by atoms with Crippen molar-refractivity contribution in [3.8, 4) is 0 Å². The molecule has 0 aromatic heterocycles. The first-order chi connectivity index (χ1) is 5.05. The highest BCUT2D eigenvalue weighted by Gasteiger charge is 2.27. The van der Waals surface area contributed by atoms with Crippen LogP contribution in [0.2, 0.25) is 0 Å². The maximum absolute atomic E-state index is 11.4. The molecule has 1 aliphatic rings.